The van der Waals surface area contributed by atoms with E-state index in [4.69, 9.17) is 0 Å². The lowest BCUT2D eigenvalue weighted by Crippen LogP contribution is -2.29. The number of aromatic nitrogens is 3. The first kappa shape index (κ1) is 16.9. The van der Waals surface area contributed by atoms with E-state index in [9.17, 15) is 9.59 Å². The van der Waals surface area contributed by atoms with Gasteiger partial charge in [0.1, 0.15) is 6.54 Å². The van der Waals surface area contributed by atoms with Crippen molar-refractivity contribution in [1.82, 2.24) is 20.3 Å². The molecule has 1 aromatic carbocycles. The van der Waals surface area contributed by atoms with Crippen molar-refractivity contribution >= 4 is 33.7 Å². The number of benzene rings is 1. The van der Waals surface area contributed by atoms with Gasteiger partial charge < -0.3 is 10.1 Å². The zero-order valence-corrected chi connectivity index (χ0v) is 14.0. The third kappa shape index (κ3) is 5.70. The van der Waals surface area contributed by atoms with Crippen LogP contribution < -0.4 is 10.6 Å². The van der Waals surface area contributed by atoms with Gasteiger partial charge in [-0.25, -0.2) is 9.48 Å². The van der Waals surface area contributed by atoms with E-state index in [2.05, 4.69) is 41.6 Å². The van der Waals surface area contributed by atoms with E-state index in [0.29, 0.717) is 6.54 Å². The molecule has 0 bridgehead atoms. The number of hydrogen-bond donors (Lipinski definition) is 2. The lowest BCUT2D eigenvalue weighted by molar-refractivity contribution is -0.121. The molecular formula is C14H16BrN5O3. The smallest absolute Gasteiger partial charge is 0.412 e. The summed E-state index contributed by atoms with van der Waals surface area (Å²) in [6.45, 7) is 0.554. The normalized spacial score (nSPS) is 10.2. The summed E-state index contributed by atoms with van der Waals surface area (Å²) in [7, 11) is 1.25. The van der Waals surface area contributed by atoms with Crippen LogP contribution in [-0.2, 0) is 22.5 Å². The fraction of sp³-hybridized carbons (Fsp3) is 0.286. The Hall–Kier alpha value is -2.42. The highest BCUT2D eigenvalue weighted by Crippen LogP contribution is 2.10. The van der Waals surface area contributed by atoms with E-state index in [1.165, 1.54) is 18.0 Å². The highest BCUT2D eigenvalue weighted by atomic mass is 79.9. The molecule has 2 rings (SSSR count). The minimum Gasteiger partial charge on any atom is -0.453 e. The summed E-state index contributed by atoms with van der Waals surface area (Å²) in [6, 6.07) is 7.92. The molecule has 2 N–H and O–H groups in total. The Kier molecular flexibility index (Phi) is 6.10. The second-order valence-corrected chi connectivity index (χ2v) is 5.56. The SMILES string of the molecule is COC(=O)Nc1cn(CC(=O)NCCc2ccc(Br)cc2)nn1. The molecule has 0 fully saturated rings. The van der Waals surface area contributed by atoms with Crippen molar-refractivity contribution in [2.75, 3.05) is 19.0 Å². The summed E-state index contributed by atoms with van der Waals surface area (Å²) >= 11 is 3.38. The van der Waals surface area contributed by atoms with Crippen molar-refractivity contribution < 1.29 is 14.3 Å². The molecule has 0 spiro atoms. The molecule has 23 heavy (non-hydrogen) atoms. The number of methoxy groups -OCH3 is 1. The summed E-state index contributed by atoms with van der Waals surface area (Å²) in [5.41, 5.74) is 1.14. The van der Waals surface area contributed by atoms with Crippen molar-refractivity contribution in [3.8, 4) is 0 Å². The van der Waals surface area contributed by atoms with Gasteiger partial charge in [-0.1, -0.05) is 33.3 Å². The van der Waals surface area contributed by atoms with Gasteiger partial charge in [-0.05, 0) is 24.1 Å². The number of nitrogens with zero attached hydrogens (tertiary/aromatic N) is 3. The number of carbonyl (C=O) groups is 2. The Morgan fingerprint density at radius 3 is 2.74 bits per heavy atom. The monoisotopic (exact) mass is 381 g/mol. The van der Waals surface area contributed by atoms with Gasteiger partial charge in [-0.2, -0.15) is 0 Å². The van der Waals surface area contributed by atoms with E-state index in [1.807, 2.05) is 24.3 Å². The molecule has 0 saturated heterocycles. The summed E-state index contributed by atoms with van der Waals surface area (Å²) in [5, 5.41) is 12.6. The zero-order chi connectivity index (χ0) is 16.7. The molecule has 8 nitrogen and oxygen atoms in total. The minimum absolute atomic E-state index is 0.0240. The highest BCUT2D eigenvalue weighted by molar-refractivity contribution is 9.10. The van der Waals surface area contributed by atoms with Crippen LogP contribution in [0.5, 0.6) is 0 Å². The molecule has 1 aromatic heterocycles. The number of anilines is 1. The maximum Gasteiger partial charge on any atom is 0.412 e. The van der Waals surface area contributed by atoms with Crippen molar-refractivity contribution in [3.63, 3.8) is 0 Å². The topological polar surface area (TPSA) is 98.1 Å². The first-order valence-electron chi connectivity index (χ1n) is 6.83. The molecule has 0 unspecified atom stereocenters. The quantitative estimate of drug-likeness (QED) is 0.791. The number of amides is 2. The van der Waals surface area contributed by atoms with Crippen LogP contribution in [0, 0.1) is 0 Å². The highest BCUT2D eigenvalue weighted by Gasteiger charge is 2.08. The van der Waals surface area contributed by atoms with Crippen LogP contribution in [0.3, 0.4) is 0 Å². The van der Waals surface area contributed by atoms with Gasteiger partial charge >= 0.3 is 6.09 Å². The Bertz CT molecular complexity index is 671. The predicted octanol–water partition coefficient (Wildman–Crippen LogP) is 1.58. The second kappa shape index (κ2) is 8.28. The summed E-state index contributed by atoms with van der Waals surface area (Å²) in [4.78, 5) is 22.8. The lowest BCUT2D eigenvalue weighted by Gasteiger charge is -2.05. The van der Waals surface area contributed by atoms with Crippen LogP contribution in [0.4, 0.5) is 10.6 Å². The number of ether oxygens (including phenoxy) is 1. The zero-order valence-electron chi connectivity index (χ0n) is 12.5. The molecule has 0 aliphatic carbocycles. The number of halogens is 1. The number of nitrogens with one attached hydrogen (secondary N) is 2. The van der Waals surface area contributed by atoms with Gasteiger partial charge in [0.15, 0.2) is 5.82 Å². The summed E-state index contributed by atoms with van der Waals surface area (Å²) in [6.07, 6.45) is 1.55. The van der Waals surface area contributed by atoms with Gasteiger partial charge in [0.05, 0.1) is 13.3 Å². The van der Waals surface area contributed by atoms with Crippen LogP contribution in [0.25, 0.3) is 0 Å². The van der Waals surface area contributed by atoms with Crippen LogP contribution in [0.15, 0.2) is 34.9 Å². The molecule has 9 heteroatoms. The Morgan fingerprint density at radius 1 is 1.30 bits per heavy atom. The standard InChI is InChI=1S/C14H16BrN5O3/c1-23-14(22)17-12-8-20(19-18-12)9-13(21)16-7-6-10-2-4-11(15)5-3-10/h2-5,8H,6-7,9H2,1H3,(H,16,21)(H,17,22). The number of rotatable bonds is 6. The fourth-order valence-corrected chi connectivity index (χ4v) is 2.05. The predicted molar refractivity (Wildman–Crippen MR) is 86.9 cm³/mol. The van der Waals surface area contributed by atoms with E-state index in [1.54, 1.807) is 0 Å². The maximum absolute atomic E-state index is 11.8. The van der Waals surface area contributed by atoms with E-state index < -0.39 is 6.09 Å². The number of carbonyl (C=O) groups excluding carboxylic acids is 2. The maximum atomic E-state index is 11.8. The summed E-state index contributed by atoms with van der Waals surface area (Å²) < 4.78 is 6.79. The molecule has 0 atom stereocenters. The average Bonchev–Trinajstić information content (AvgIpc) is 2.96. The third-order valence-corrected chi connectivity index (χ3v) is 3.44. The molecule has 122 valence electrons. The van der Waals surface area contributed by atoms with Crippen LogP contribution >= 0.6 is 15.9 Å². The molecule has 2 amide bonds. The molecular weight excluding hydrogens is 366 g/mol. The van der Waals surface area contributed by atoms with Crippen LogP contribution in [0.1, 0.15) is 5.56 Å². The van der Waals surface area contributed by atoms with E-state index in [-0.39, 0.29) is 18.3 Å². The van der Waals surface area contributed by atoms with Gasteiger partial charge in [0.25, 0.3) is 0 Å². The molecule has 0 radical (unpaired) electrons. The number of hydrogen-bond acceptors (Lipinski definition) is 5. The molecule has 0 saturated carbocycles. The van der Waals surface area contributed by atoms with Crippen molar-refractivity contribution in [2.24, 2.45) is 0 Å². The van der Waals surface area contributed by atoms with Crippen LogP contribution in [-0.4, -0.2) is 40.6 Å². The van der Waals surface area contributed by atoms with Gasteiger partial charge in [0.2, 0.25) is 5.91 Å². The molecule has 0 aliphatic rings. The Balaban J connectivity index is 1.74. The van der Waals surface area contributed by atoms with Gasteiger partial charge in [0, 0.05) is 11.0 Å². The fourth-order valence-electron chi connectivity index (χ4n) is 1.79. The van der Waals surface area contributed by atoms with E-state index >= 15 is 0 Å². The molecule has 2 aromatic rings. The second-order valence-electron chi connectivity index (χ2n) is 4.64. The average molecular weight is 382 g/mol. The summed E-state index contributed by atoms with van der Waals surface area (Å²) in [5.74, 6) is 0.0381. The van der Waals surface area contributed by atoms with Crippen molar-refractivity contribution in [2.45, 2.75) is 13.0 Å². The lowest BCUT2D eigenvalue weighted by atomic mass is 10.1. The largest absolute Gasteiger partial charge is 0.453 e. The minimum atomic E-state index is -0.643. The first-order valence-corrected chi connectivity index (χ1v) is 7.62. The van der Waals surface area contributed by atoms with Crippen molar-refractivity contribution in [3.05, 3.63) is 40.5 Å². The first-order chi connectivity index (χ1) is 11.1. The van der Waals surface area contributed by atoms with E-state index in [0.717, 1.165) is 16.5 Å². The van der Waals surface area contributed by atoms with Crippen molar-refractivity contribution in [1.29, 1.82) is 0 Å². The van der Waals surface area contributed by atoms with Gasteiger partial charge in [-0.15, -0.1) is 5.10 Å². The molecule has 1 heterocycles. The van der Waals surface area contributed by atoms with Gasteiger partial charge in [-0.3, -0.25) is 10.1 Å². The Labute approximate surface area is 141 Å². The Morgan fingerprint density at radius 2 is 2.04 bits per heavy atom. The molecule has 0 aliphatic heterocycles. The van der Waals surface area contributed by atoms with Crippen LogP contribution in [0.2, 0.25) is 0 Å². The third-order valence-electron chi connectivity index (χ3n) is 2.91.